The van der Waals surface area contributed by atoms with Crippen LogP contribution >= 0.6 is 0 Å². The van der Waals surface area contributed by atoms with E-state index in [1.807, 2.05) is 13.8 Å². The molecule has 146 valence electrons. The molecule has 1 fully saturated rings. The van der Waals surface area contributed by atoms with Crippen molar-refractivity contribution in [2.24, 2.45) is 5.92 Å². The molecule has 3 rings (SSSR count). The standard InChI is InChI=1S/C22H23NO5/c1-13(2)12-23-19(15-9-10-16(24)17(11-15)28-3)18(21(26)22(23)27)20(25)14-7-5-4-6-8-14/h4-11,13,19,24-25H,12H2,1-3H3/t19-/m1/s1. The van der Waals surface area contributed by atoms with Crippen LogP contribution in [0.4, 0.5) is 0 Å². The van der Waals surface area contributed by atoms with E-state index in [0.717, 1.165) is 0 Å². The maximum atomic E-state index is 12.8. The van der Waals surface area contributed by atoms with E-state index in [4.69, 9.17) is 4.74 Å². The van der Waals surface area contributed by atoms with Crippen molar-refractivity contribution in [1.29, 1.82) is 0 Å². The number of ether oxygens (including phenoxy) is 1. The smallest absolute Gasteiger partial charge is 0.295 e. The Kier molecular flexibility index (Phi) is 5.40. The van der Waals surface area contributed by atoms with Gasteiger partial charge in [-0.15, -0.1) is 0 Å². The Morgan fingerprint density at radius 3 is 2.43 bits per heavy atom. The summed E-state index contributed by atoms with van der Waals surface area (Å²) in [5, 5.41) is 20.8. The number of phenolic OH excluding ortho intramolecular Hbond substituents is 1. The first-order valence-electron chi connectivity index (χ1n) is 9.05. The molecule has 1 aliphatic rings. The van der Waals surface area contributed by atoms with Gasteiger partial charge in [-0.3, -0.25) is 9.59 Å². The zero-order valence-corrected chi connectivity index (χ0v) is 16.0. The first kappa shape index (κ1) is 19.5. The Balaban J connectivity index is 2.21. The molecule has 0 bridgehead atoms. The van der Waals surface area contributed by atoms with Crippen LogP contribution in [-0.2, 0) is 9.59 Å². The van der Waals surface area contributed by atoms with Crippen molar-refractivity contribution in [3.8, 4) is 11.5 Å². The molecule has 0 spiro atoms. The van der Waals surface area contributed by atoms with Gasteiger partial charge in [-0.05, 0) is 23.6 Å². The number of aliphatic hydroxyl groups excluding tert-OH is 1. The molecule has 6 heteroatoms. The minimum Gasteiger partial charge on any atom is -0.507 e. The largest absolute Gasteiger partial charge is 0.507 e. The Bertz CT molecular complexity index is 933. The number of hydrogen-bond acceptors (Lipinski definition) is 5. The number of aliphatic hydroxyl groups is 1. The molecule has 0 radical (unpaired) electrons. The van der Waals surface area contributed by atoms with Crippen LogP contribution < -0.4 is 4.74 Å². The predicted molar refractivity (Wildman–Crippen MR) is 105 cm³/mol. The van der Waals surface area contributed by atoms with Gasteiger partial charge in [0.25, 0.3) is 11.7 Å². The molecule has 0 aliphatic carbocycles. The second-order valence-electron chi connectivity index (χ2n) is 7.14. The number of carbonyl (C=O) groups is 2. The molecule has 0 saturated carbocycles. The number of phenols is 1. The van der Waals surface area contributed by atoms with Crippen molar-refractivity contribution in [2.75, 3.05) is 13.7 Å². The van der Waals surface area contributed by atoms with Crippen LogP contribution in [0.1, 0.15) is 31.0 Å². The summed E-state index contributed by atoms with van der Waals surface area (Å²) in [4.78, 5) is 27.0. The van der Waals surface area contributed by atoms with E-state index >= 15 is 0 Å². The number of likely N-dealkylation sites (tertiary alicyclic amines) is 1. The molecule has 1 atom stereocenters. The highest BCUT2D eigenvalue weighted by molar-refractivity contribution is 6.46. The molecule has 2 aromatic rings. The predicted octanol–water partition coefficient (Wildman–Crippen LogP) is 3.48. The Morgan fingerprint density at radius 1 is 1.14 bits per heavy atom. The molecule has 2 aromatic carbocycles. The van der Waals surface area contributed by atoms with E-state index in [1.54, 1.807) is 42.5 Å². The van der Waals surface area contributed by atoms with Crippen LogP contribution in [0.25, 0.3) is 5.76 Å². The molecule has 28 heavy (non-hydrogen) atoms. The maximum absolute atomic E-state index is 12.8. The molecule has 1 amide bonds. The Hall–Kier alpha value is -3.28. The van der Waals surface area contributed by atoms with E-state index in [2.05, 4.69) is 0 Å². The third-order valence-electron chi connectivity index (χ3n) is 4.67. The van der Waals surface area contributed by atoms with Crippen LogP contribution in [0.2, 0.25) is 0 Å². The number of amides is 1. The highest BCUT2D eigenvalue weighted by Crippen LogP contribution is 2.41. The summed E-state index contributed by atoms with van der Waals surface area (Å²) < 4.78 is 5.18. The van der Waals surface area contributed by atoms with Gasteiger partial charge < -0.3 is 19.8 Å². The van der Waals surface area contributed by atoms with E-state index in [-0.39, 0.29) is 28.7 Å². The number of nitrogens with zero attached hydrogens (tertiary/aromatic N) is 1. The second-order valence-corrected chi connectivity index (χ2v) is 7.14. The van der Waals surface area contributed by atoms with Gasteiger partial charge in [0.2, 0.25) is 0 Å². The normalized spacial score (nSPS) is 18.7. The molecule has 1 heterocycles. The highest BCUT2D eigenvalue weighted by Gasteiger charge is 2.46. The number of methoxy groups -OCH3 is 1. The lowest BCUT2D eigenvalue weighted by Gasteiger charge is -2.27. The van der Waals surface area contributed by atoms with Crippen molar-refractivity contribution in [2.45, 2.75) is 19.9 Å². The van der Waals surface area contributed by atoms with Gasteiger partial charge in [0.05, 0.1) is 18.7 Å². The van der Waals surface area contributed by atoms with Gasteiger partial charge >= 0.3 is 0 Å². The fourth-order valence-corrected chi connectivity index (χ4v) is 3.42. The van der Waals surface area contributed by atoms with Crippen molar-refractivity contribution in [3.05, 3.63) is 65.2 Å². The summed E-state index contributed by atoms with van der Waals surface area (Å²) in [5.74, 6) is -1.29. The van der Waals surface area contributed by atoms with Gasteiger partial charge in [-0.1, -0.05) is 50.2 Å². The van der Waals surface area contributed by atoms with Gasteiger partial charge in [-0.25, -0.2) is 0 Å². The topological polar surface area (TPSA) is 87.1 Å². The minimum absolute atomic E-state index is 0.0320. The highest BCUT2D eigenvalue weighted by atomic mass is 16.5. The van der Waals surface area contributed by atoms with Crippen molar-refractivity contribution in [1.82, 2.24) is 4.90 Å². The molecular weight excluding hydrogens is 358 g/mol. The number of aromatic hydroxyl groups is 1. The van der Waals surface area contributed by atoms with Crippen LogP contribution in [-0.4, -0.2) is 40.5 Å². The number of benzene rings is 2. The molecule has 0 aromatic heterocycles. The molecule has 2 N–H and O–H groups in total. The first-order chi connectivity index (χ1) is 13.3. The van der Waals surface area contributed by atoms with Crippen LogP contribution in [0.15, 0.2) is 54.1 Å². The van der Waals surface area contributed by atoms with Gasteiger partial charge in [0.15, 0.2) is 11.5 Å². The molecule has 1 saturated heterocycles. The van der Waals surface area contributed by atoms with Crippen molar-refractivity contribution >= 4 is 17.4 Å². The average molecular weight is 381 g/mol. The lowest BCUT2D eigenvalue weighted by atomic mass is 9.94. The number of Topliss-reactive ketones (excluding diaryl/α,β-unsaturated/α-hetero) is 1. The third-order valence-corrected chi connectivity index (χ3v) is 4.67. The third kappa shape index (κ3) is 3.45. The van der Waals surface area contributed by atoms with E-state index in [0.29, 0.717) is 17.7 Å². The zero-order chi connectivity index (χ0) is 20.4. The van der Waals surface area contributed by atoms with E-state index in [9.17, 15) is 19.8 Å². The van der Waals surface area contributed by atoms with Gasteiger partial charge in [-0.2, -0.15) is 0 Å². The lowest BCUT2D eigenvalue weighted by molar-refractivity contribution is -0.140. The summed E-state index contributed by atoms with van der Waals surface area (Å²) in [6, 6.07) is 12.5. The van der Waals surface area contributed by atoms with Crippen LogP contribution in [0.3, 0.4) is 0 Å². The molecular formula is C22H23NO5. The SMILES string of the molecule is COc1cc([C@@H]2C(=C(O)c3ccccc3)C(=O)C(=O)N2CC(C)C)ccc1O. The average Bonchev–Trinajstić information content (AvgIpc) is 2.93. The van der Waals surface area contributed by atoms with Gasteiger partial charge in [0, 0.05) is 12.1 Å². The quantitative estimate of drug-likeness (QED) is 0.470. The number of ketones is 1. The number of hydrogen-bond donors (Lipinski definition) is 2. The maximum Gasteiger partial charge on any atom is 0.295 e. The molecule has 1 aliphatic heterocycles. The summed E-state index contributed by atoms with van der Waals surface area (Å²) in [6.45, 7) is 4.25. The molecule has 6 nitrogen and oxygen atoms in total. The summed E-state index contributed by atoms with van der Waals surface area (Å²) >= 11 is 0. The Morgan fingerprint density at radius 2 is 1.82 bits per heavy atom. The molecule has 0 unspecified atom stereocenters. The van der Waals surface area contributed by atoms with Crippen LogP contribution in [0, 0.1) is 5.92 Å². The minimum atomic E-state index is -0.767. The zero-order valence-electron chi connectivity index (χ0n) is 16.0. The summed E-state index contributed by atoms with van der Waals surface area (Å²) in [6.07, 6.45) is 0. The fraction of sp³-hybridized carbons (Fsp3) is 0.273. The summed E-state index contributed by atoms with van der Waals surface area (Å²) in [7, 11) is 1.42. The van der Waals surface area contributed by atoms with Crippen LogP contribution in [0.5, 0.6) is 11.5 Å². The fourth-order valence-electron chi connectivity index (χ4n) is 3.42. The van der Waals surface area contributed by atoms with E-state index < -0.39 is 17.7 Å². The van der Waals surface area contributed by atoms with Crippen molar-refractivity contribution < 1.29 is 24.5 Å². The monoisotopic (exact) mass is 381 g/mol. The Labute approximate surface area is 163 Å². The van der Waals surface area contributed by atoms with Gasteiger partial charge in [0.1, 0.15) is 5.76 Å². The lowest BCUT2D eigenvalue weighted by Crippen LogP contribution is -2.33. The van der Waals surface area contributed by atoms with Crippen molar-refractivity contribution in [3.63, 3.8) is 0 Å². The second kappa shape index (κ2) is 7.76. The van der Waals surface area contributed by atoms with E-state index in [1.165, 1.54) is 18.1 Å². The number of rotatable bonds is 5. The first-order valence-corrected chi connectivity index (χ1v) is 9.05. The number of carbonyl (C=O) groups excluding carboxylic acids is 2. The summed E-state index contributed by atoms with van der Waals surface area (Å²) in [5.41, 5.74) is 1.07.